The third-order valence-corrected chi connectivity index (χ3v) is 3.50. The molecule has 0 aliphatic rings. The molecule has 0 bridgehead atoms. The smallest absolute Gasteiger partial charge is 0.387 e. The van der Waals surface area contributed by atoms with Crippen molar-refractivity contribution in [1.29, 1.82) is 0 Å². The van der Waals surface area contributed by atoms with Crippen LogP contribution in [0.25, 0.3) is 0 Å². The van der Waals surface area contributed by atoms with Gasteiger partial charge in [-0.15, -0.1) is 24.0 Å². The molecule has 0 aromatic heterocycles. The Labute approximate surface area is 183 Å². The minimum atomic E-state index is -2.93. The zero-order chi connectivity index (χ0) is 19.9. The van der Waals surface area contributed by atoms with Gasteiger partial charge in [0.25, 0.3) is 0 Å². The van der Waals surface area contributed by atoms with Gasteiger partial charge in [0.15, 0.2) is 17.5 Å². The first-order valence-corrected chi connectivity index (χ1v) is 9.41. The highest BCUT2D eigenvalue weighted by Crippen LogP contribution is 2.33. The Kier molecular flexibility index (Phi) is 15.8. The van der Waals surface area contributed by atoms with Crippen LogP contribution >= 0.6 is 24.0 Å². The number of hydrogen-bond donors (Lipinski definition) is 2. The summed E-state index contributed by atoms with van der Waals surface area (Å²) < 4.78 is 41.1. The molecule has 0 aliphatic heterocycles. The summed E-state index contributed by atoms with van der Waals surface area (Å²) in [6, 6.07) is 5.03. The van der Waals surface area contributed by atoms with E-state index in [0.717, 1.165) is 19.4 Å². The van der Waals surface area contributed by atoms with E-state index in [0.29, 0.717) is 37.8 Å². The second-order valence-electron chi connectivity index (χ2n) is 5.64. The van der Waals surface area contributed by atoms with E-state index in [1.807, 2.05) is 6.92 Å². The molecule has 0 spiro atoms. The van der Waals surface area contributed by atoms with E-state index in [1.165, 1.54) is 0 Å². The van der Waals surface area contributed by atoms with Crippen LogP contribution < -0.4 is 20.1 Å². The minimum Gasteiger partial charge on any atom is -0.490 e. The quantitative estimate of drug-likeness (QED) is 0.179. The van der Waals surface area contributed by atoms with Crippen LogP contribution in [0.1, 0.15) is 39.2 Å². The number of ether oxygens (including phenoxy) is 3. The minimum absolute atomic E-state index is 0. The predicted molar refractivity (Wildman–Crippen MR) is 118 cm³/mol. The van der Waals surface area contributed by atoms with Crippen molar-refractivity contribution in [3.05, 3.63) is 23.8 Å². The average Bonchev–Trinajstić information content (AvgIpc) is 2.64. The maximum atomic E-state index is 12.8. The van der Waals surface area contributed by atoms with Gasteiger partial charge in [-0.3, -0.25) is 0 Å². The highest BCUT2D eigenvalue weighted by Gasteiger charge is 2.15. The molecule has 0 saturated heterocycles. The maximum Gasteiger partial charge on any atom is 0.387 e. The zero-order valence-electron chi connectivity index (χ0n) is 16.8. The molecule has 162 valence electrons. The third kappa shape index (κ3) is 10.8. The van der Waals surface area contributed by atoms with Crippen molar-refractivity contribution in [2.24, 2.45) is 4.99 Å². The van der Waals surface area contributed by atoms with Gasteiger partial charge >= 0.3 is 6.61 Å². The Morgan fingerprint density at radius 2 is 1.93 bits per heavy atom. The first kappa shape index (κ1) is 26.6. The van der Waals surface area contributed by atoms with Crippen molar-refractivity contribution in [3.8, 4) is 11.5 Å². The average molecular weight is 515 g/mol. The maximum absolute atomic E-state index is 12.8. The molecule has 1 aromatic carbocycles. The van der Waals surface area contributed by atoms with Crippen molar-refractivity contribution in [1.82, 2.24) is 10.6 Å². The van der Waals surface area contributed by atoms with Crippen LogP contribution in [0.2, 0.25) is 0 Å². The van der Waals surface area contributed by atoms with Gasteiger partial charge in [-0.1, -0.05) is 25.5 Å². The second kappa shape index (κ2) is 16.6. The Bertz CT molecular complexity index is 563. The summed E-state index contributed by atoms with van der Waals surface area (Å²) in [5.74, 6) is 0.894. The van der Waals surface area contributed by atoms with E-state index < -0.39 is 6.61 Å². The zero-order valence-corrected chi connectivity index (χ0v) is 19.1. The van der Waals surface area contributed by atoms with Gasteiger partial charge in [-0.05, 0) is 26.3 Å². The molecule has 6 nitrogen and oxygen atoms in total. The molecule has 0 atom stereocenters. The predicted octanol–water partition coefficient (Wildman–Crippen LogP) is 4.18. The molecule has 9 heteroatoms. The van der Waals surface area contributed by atoms with Gasteiger partial charge < -0.3 is 24.8 Å². The lowest BCUT2D eigenvalue weighted by atomic mass is 10.2. The summed E-state index contributed by atoms with van der Waals surface area (Å²) >= 11 is 0. The normalized spacial score (nSPS) is 11.1. The molecule has 0 radical (unpaired) electrons. The number of benzene rings is 1. The highest BCUT2D eigenvalue weighted by molar-refractivity contribution is 14.0. The van der Waals surface area contributed by atoms with Crippen LogP contribution in [-0.2, 0) is 11.3 Å². The molecule has 0 saturated carbocycles. The lowest BCUT2D eigenvalue weighted by Gasteiger charge is -2.15. The van der Waals surface area contributed by atoms with Crippen molar-refractivity contribution in [2.45, 2.75) is 46.8 Å². The Morgan fingerprint density at radius 1 is 1.14 bits per heavy atom. The number of para-hydroxylation sites is 1. The number of halogens is 3. The SMILES string of the molecule is CCCCOCCNC(=NCc1cccc(OCC)c1OC(F)F)NCC.I. The summed E-state index contributed by atoms with van der Waals surface area (Å²) in [5, 5.41) is 6.28. The van der Waals surface area contributed by atoms with Crippen LogP contribution in [0.3, 0.4) is 0 Å². The second-order valence-corrected chi connectivity index (χ2v) is 5.64. The van der Waals surface area contributed by atoms with Crippen LogP contribution in [0.5, 0.6) is 11.5 Å². The molecule has 0 amide bonds. The molecule has 0 fully saturated rings. The van der Waals surface area contributed by atoms with Crippen molar-refractivity contribution >= 4 is 29.9 Å². The summed E-state index contributed by atoms with van der Waals surface area (Å²) in [6.07, 6.45) is 2.14. The van der Waals surface area contributed by atoms with E-state index in [-0.39, 0.29) is 42.0 Å². The first-order chi connectivity index (χ1) is 13.1. The van der Waals surface area contributed by atoms with E-state index in [2.05, 4.69) is 27.3 Å². The number of nitrogens with one attached hydrogen (secondary N) is 2. The molecular formula is C19H32F2IN3O3. The van der Waals surface area contributed by atoms with Gasteiger partial charge in [0.2, 0.25) is 0 Å². The summed E-state index contributed by atoms with van der Waals surface area (Å²) in [6.45, 7) is 6.06. The number of guanidine groups is 1. The third-order valence-electron chi connectivity index (χ3n) is 3.50. The summed E-state index contributed by atoms with van der Waals surface area (Å²) in [7, 11) is 0. The molecule has 0 unspecified atom stereocenters. The van der Waals surface area contributed by atoms with E-state index in [4.69, 9.17) is 9.47 Å². The topological polar surface area (TPSA) is 64.1 Å². The molecule has 1 rings (SSSR count). The number of rotatable bonds is 13. The lowest BCUT2D eigenvalue weighted by Crippen LogP contribution is -2.39. The monoisotopic (exact) mass is 515 g/mol. The number of unbranched alkanes of at least 4 members (excludes halogenated alkanes) is 1. The standard InChI is InChI=1S/C19H31F2N3O3.HI/c1-4-7-12-25-13-11-23-19(22-5-2)24-14-15-9-8-10-16(26-6-3)17(15)27-18(20)21;/h8-10,18H,4-7,11-14H2,1-3H3,(H2,22,23,24);1H. The van der Waals surface area contributed by atoms with Gasteiger partial charge in [-0.25, -0.2) is 4.99 Å². The fourth-order valence-electron chi connectivity index (χ4n) is 2.27. The lowest BCUT2D eigenvalue weighted by molar-refractivity contribution is -0.0520. The number of aliphatic imine (C=N–C) groups is 1. The van der Waals surface area contributed by atoms with Crippen LogP contribution in [0.4, 0.5) is 8.78 Å². The van der Waals surface area contributed by atoms with E-state index in [9.17, 15) is 8.78 Å². The van der Waals surface area contributed by atoms with Crippen molar-refractivity contribution in [3.63, 3.8) is 0 Å². The van der Waals surface area contributed by atoms with Crippen molar-refractivity contribution < 1.29 is 23.0 Å². The van der Waals surface area contributed by atoms with Crippen LogP contribution in [0.15, 0.2) is 23.2 Å². The number of alkyl halides is 2. The Hall–Kier alpha value is -1.36. The van der Waals surface area contributed by atoms with Gasteiger partial charge in [0.1, 0.15) is 0 Å². The van der Waals surface area contributed by atoms with E-state index >= 15 is 0 Å². The first-order valence-electron chi connectivity index (χ1n) is 9.41. The fourth-order valence-corrected chi connectivity index (χ4v) is 2.27. The van der Waals surface area contributed by atoms with Gasteiger partial charge in [-0.2, -0.15) is 8.78 Å². The number of nitrogens with zero attached hydrogens (tertiary/aromatic N) is 1. The Balaban J connectivity index is 0.00000729. The fraction of sp³-hybridized carbons (Fsp3) is 0.632. The molecule has 1 aromatic rings. The van der Waals surface area contributed by atoms with Crippen molar-refractivity contribution in [2.75, 3.05) is 32.9 Å². The van der Waals surface area contributed by atoms with Gasteiger partial charge in [0, 0.05) is 25.3 Å². The van der Waals surface area contributed by atoms with E-state index in [1.54, 1.807) is 25.1 Å². The molecule has 2 N–H and O–H groups in total. The molecular weight excluding hydrogens is 483 g/mol. The van der Waals surface area contributed by atoms with Gasteiger partial charge in [0.05, 0.1) is 19.8 Å². The summed E-state index contributed by atoms with van der Waals surface area (Å²) in [4.78, 5) is 4.45. The molecule has 0 heterocycles. The number of hydrogen-bond acceptors (Lipinski definition) is 4. The molecule has 28 heavy (non-hydrogen) atoms. The molecule has 0 aliphatic carbocycles. The van der Waals surface area contributed by atoms with Crippen LogP contribution in [-0.4, -0.2) is 45.5 Å². The van der Waals surface area contributed by atoms with Crippen LogP contribution in [0, 0.1) is 0 Å². The Morgan fingerprint density at radius 3 is 2.57 bits per heavy atom. The summed E-state index contributed by atoms with van der Waals surface area (Å²) in [5.41, 5.74) is 0.526. The highest BCUT2D eigenvalue weighted by atomic mass is 127. The largest absolute Gasteiger partial charge is 0.490 e.